The van der Waals surface area contributed by atoms with E-state index in [1.54, 1.807) is 48.5 Å². The van der Waals surface area contributed by atoms with Crippen LogP contribution in [-0.4, -0.2) is 36.6 Å². The molecule has 3 rings (SSSR count). The Morgan fingerprint density at radius 2 is 1.48 bits per heavy atom. The number of rotatable bonds is 6. The highest BCUT2D eigenvalue weighted by atomic mass is 19.4. The van der Waals surface area contributed by atoms with Gasteiger partial charge in [0.1, 0.15) is 0 Å². The van der Waals surface area contributed by atoms with Gasteiger partial charge in [-0.25, -0.2) is 0 Å². The van der Waals surface area contributed by atoms with E-state index in [4.69, 9.17) is 0 Å². The van der Waals surface area contributed by atoms with Gasteiger partial charge < -0.3 is 5.32 Å². The van der Waals surface area contributed by atoms with Crippen molar-refractivity contribution in [3.63, 3.8) is 0 Å². The van der Waals surface area contributed by atoms with Crippen LogP contribution in [0, 0.1) is 0 Å². The summed E-state index contributed by atoms with van der Waals surface area (Å²) in [6.45, 7) is 1.48. The Hall–Kier alpha value is -2.34. The van der Waals surface area contributed by atoms with Crippen LogP contribution >= 0.6 is 0 Å². The van der Waals surface area contributed by atoms with Gasteiger partial charge in [0.15, 0.2) is 5.54 Å². The average Bonchev–Trinajstić information content (AvgIpc) is 3.14. The first-order valence-electron chi connectivity index (χ1n) is 9.10. The van der Waals surface area contributed by atoms with Crippen LogP contribution in [0.1, 0.15) is 24.0 Å². The fraction of sp³-hybridized carbons (Fsp3) is 0.381. The van der Waals surface area contributed by atoms with E-state index in [0.717, 1.165) is 25.9 Å². The summed E-state index contributed by atoms with van der Waals surface area (Å²) in [6, 6.07) is 16.1. The number of hydrogen-bond donors (Lipinski definition) is 1. The summed E-state index contributed by atoms with van der Waals surface area (Å²) < 4.78 is 43.2. The third kappa shape index (κ3) is 4.50. The van der Waals surface area contributed by atoms with Gasteiger partial charge >= 0.3 is 6.18 Å². The minimum atomic E-state index is -4.65. The fourth-order valence-corrected chi connectivity index (χ4v) is 3.60. The molecule has 27 heavy (non-hydrogen) atoms. The van der Waals surface area contributed by atoms with Crippen LogP contribution in [0.3, 0.4) is 0 Å². The second kappa shape index (κ2) is 8.13. The SMILES string of the molecule is O=C(CN1CCCC1)NC(Cc1ccccc1)(c1ccccc1)C(F)(F)F. The first-order valence-corrected chi connectivity index (χ1v) is 9.10. The molecule has 3 nitrogen and oxygen atoms in total. The third-order valence-electron chi connectivity index (χ3n) is 4.98. The standard InChI is InChI=1S/C21H23F3N2O/c22-21(23,24)20(18-11-5-2-6-12-18,15-17-9-3-1-4-10-17)25-19(27)16-26-13-7-8-14-26/h1-6,9-12H,7-8,13-16H2,(H,25,27). The number of alkyl halides is 3. The van der Waals surface area contributed by atoms with Crippen molar-refractivity contribution in [2.45, 2.75) is 31.0 Å². The summed E-state index contributed by atoms with van der Waals surface area (Å²) >= 11 is 0. The molecule has 1 saturated heterocycles. The molecule has 0 aromatic heterocycles. The minimum absolute atomic E-state index is 0.0144. The quantitative estimate of drug-likeness (QED) is 0.829. The topological polar surface area (TPSA) is 32.3 Å². The number of halogens is 3. The summed E-state index contributed by atoms with van der Waals surface area (Å²) in [5.74, 6) is -0.603. The molecule has 2 aromatic rings. The van der Waals surface area contributed by atoms with Gasteiger partial charge in [-0.2, -0.15) is 13.2 Å². The first-order chi connectivity index (χ1) is 12.9. The molecule has 1 atom stereocenters. The highest BCUT2D eigenvalue weighted by Crippen LogP contribution is 2.41. The van der Waals surface area contributed by atoms with Crippen LogP contribution < -0.4 is 5.32 Å². The Morgan fingerprint density at radius 1 is 0.926 bits per heavy atom. The predicted molar refractivity (Wildman–Crippen MR) is 98.1 cm³/mol. The van der Waals surface area contributed by atoms with Gasteiger partial charge in [0.05, 0.1) is 6.54 Å². The van der Waals surface area contributed by atoms with E-state index in [2.05, 4.69) is 5.32 Å². The number of nitrogens with one attached hydrogen (secondary N) is 1. The third-order valence-corrected chi connectivity index (χ3v) is 4.98. The lowest BCUT2D eigenvalue weighted by Crippen LogP contribution is -2.59. The van der Waals surface area contributed by atoms with Gasteiger partial charge in [-0.1, -0.05) is 60.7 Å². The van der Waals surface area contributed by atoms with Crippen molar-refractivity contribution in [1.82, 2.24) is 10.2 Å². The van der Waals surface area contributed by atoms with E-state index in [0.29, 0.717) is 5.56 Å². The van der Waals surface area contributed by atoms with E-state index < -0.39 is 17.6 Å². The molecule has 0 radical (unpaired) electrons. The van der Waals surface area contributed by atoms with Gasteiger partial charge in [0, 0.05) is 6.42 Å². The van der Waals surface area contributed by atoms with Crippen molar-refractivity contribution in [3.05, 3.63) is 71.8 Å². The molecule has 1 heterocycles. The maximum atomic E-state index is 14.4. The van der Waals surface area contributed by atoms with Crippen LogP contribution in [0.5, 0.6) is 0 Å². The van der Waals surface area contributed by atoms with E-state index in [9.17, 15) is 18.0 Å². The number of amides is 1. The molecule has 1 amide bonds. The lowest BCUT2D eigenvalue weighted by Gasteiger charge is -2.37. The molecule has 0 aliphatic carbocycles. The molecule has 1 unspecified atom stereocenters. The number of carbonyl (C=O) groups excluding carboxylic acids is 1. The van der Waals surface area contributed by atoms with Crippen molar-refractivity contribution >= 4 is 5.91 Å². The summed E-state index contributed by atoms with van der Waals surface area (Å²) in [5.41, 5.74) is -1.91. The number of nitrogens with zero attached hydrogens (tertiary/aromatic N) is 1. The van der Waals surface area contributed by atoms with Crippen molar-refractivity contribution in [2.75, 3.05) is 19.6 Å². The van der Waals surface area contributed by atoms with Crippen molar-refractivity contribution in [1.29, 1.82) is 0 Å². The molecule has 1 N–H and O–H groups in total. The molecule has 1 aliphatic rings. The lowest BCUT2D eigenvalue weighted by molar-refractivity contribution is -0.202. The van der Waals surface area contributed by atoms with Gasteiger partial charge in [-0.05, 0) is 37.1 Å². The van der Waals surface area contributed by atoms with Crippen LogP contribution in [-0.2, 0) is 16.8 Å². The van der Waals surface area contributed by atoms with Gasteiger partial charge in [-0.3, -0.25) is 9.69 Å². The Balaban J connectivity index is 1.96. The molecule has 1 aliphatic heterocycles. The maximum absolute atomic E-state index is 14.4. The summed E-state index contributed by atoms with van der Waals surface area (Å²) in [7, 11) is 0. The second-order valence-electron chi connectivity index (χ2n) is 6.96. The van der Waals surface area contributed by atoms with Gasteiger partial charge in [-0.15, -0.1) is 0 Å². The maximum Gasteiger partial charge on any atom is 0.416 e. The van der Waals surface area contributed by atoms with Crippen LogP contribution in [0.25, 0.3) is 0 Å². The summed E-state index contributed by atoms with van der Waals surface area (Å²) in [6.07, 6.45) is -3.06. The van der Waals surface area contributed by atoms with E-state index >= 15 is 0 Å². The van der Waals surface area contributed by atoms with Crippen molar-refractivity contribution < 1.29 is 18.0 Å². The average molecular weight is 376 g/mol. The summed E-state index contributed by atoms with van der Waals surface area (Å²) in [4.78, 5) is 14.5. The van der Waals surface area contributed by atoms with Crippen LogP contribution in [0.2, 0.25) is 0 Å². The molecular weight excluding hydrogens is 353 g/mol. The highest BCUT2D eigenvalue weighted by molar-refractivity contribution is 5.79. The monoisotopic (exact) mass is 376 g/mol. The lowest BCUT2D eigenvalue weighted by atomic mass is 9.82. The fourth-order valence-electron chi connectivity index (χ4n) is 3.60. The molecule has 0 bridgehead atoms. The summed E-state index contributed by atoms with van der Waals surface area (Å²) in [5, 5.41) is 2.36. The van der Waals surface area contributed by atoms with Gasteiger partial charge in [0.2, 0.25) is 5.91 Å². The zero-order valence-electron chi connectivity index (χ0n) is 15.0. The molecule has 1 fully saturated rings. The Labute approximate surface area is 157 Å². The van der Waals surface area contributed by atoms with E-state index in [-0.39, 0.29) is 18.5 Å². The molecule has 144 valence electrons. The normalized spacial score (nSPS) is 17.4. The predicted octanol–water partition coefficient (Wildman–Crippen LogP) is 3.90. The van der Waals surface area contributed by atoms with Crippen LogP contribution in [0.4, 0.5) is 13.2 Å². The molecule has 6 heteroatoms. The number of carbonyl (C=O) groups is 1. The van der Waals surface area contributed by atoms with E-state index in [1.165, 1.54) is 12.1 Å². The molecule has 0 saturated carbocycles. The Kier molecular flexibility index (Phi) is 5.85. The minimum Gasteiger partial charge on any atom is -0.337 e. The highest BCUT2D eigenvalue weighted by Gasteiger charge is 2.56. The molecular formula is C21H23F3N2O. The Bertz CT molecular complexity index is 743. The van der Waals surface area contributed by atoms with E-state index in [1.807, 2.05) is 4.90 Å². The number of likely N-dealkylation sites (tertiary alicyclic amines) is 1. The largest absolute Gasteiger partial charge is 0.416 e. The van der Waals surface area contributed by atoms with Crippen molar-refractivity contribution in [3.8, 4) is 0 Å². The zero-order chi connectivity index (χ0) is 19.3. The van der Waals surface area contributed by atoms with Gasteiger partial charge in [0.25, 0.3) is 0 Å². The Morgan fingerprint density at radius 3 is 2.04 bits per heavy atom. The smallest absolute Gasteiger partial charge is 0.337 e. The second-order valence-corrected chi connectivity index (χ2v) is 6.96. The first kappa shape index (κ1) is 19.4. The number of benzene rings is 2. The zero-order valence-corrected chi connectivity index (χ0v) is 15.0. The van der Waals surface area contributed by atoms with Crippen LogP contribution in [0.15, 0.2) is 60.7 Å². The molecule has 2 aromatic carbocycles. The number of hydrogen-bond acceptors (Lipinski definition) is 2. The molecule has 0 spiro atoms. The van der Waals surface area contributed by atoms with Crippen molar-refractivity contribution in [2.24, 2.45) is 0 Å².